The second-order valence-corrected chi connectivity index (χ2v) is 6.14. The van der Waals surface area contributed by atoms with Crippen molar-refractivity contribution >= 4 is 29.9 Å². The van der Waals surface area contributed by atoms with Crippen LogP contribution in [-0.2, 0) is 0 Å². The summed E-state index contributed by atoms with van der Waals surface area (Å²) in [5, 5.41) is 6.90. The summed E-state index contributed by atoms with van der Waals surface area (Å²) >= 11 is 0. The number of hydrogen-bond acceptors (Lipinski definition) is 1. The lowest BCUT2D eigenvalue weighted by Gasteiger charge is -2.20. The lowest BCUT2D eigenvalue weighted by Crippen LogP contribution is -2.44. The van der Waals surface area contributed by atoms with Gasteiger partial charge in [-0.05, 0) is 36.7 Å². The van der Waals surface area contributed by atoms with Crippen molar-refractivity contribution in [2.24, 2.45) is 16.8 Å². The highest BCUT2D eigenvalue weighted by atomic mass is 127. The van der Waals surface area contributed by atoms with Crippen LogP contribution in [0.25, 0.3) is 0 Å². The molecule has 1 saturated carbocycles. The van der Waals surface area contributed by atoms with E-state index in [0.29, 0.717) is 12.0 Å². The van der Waals surface area contributed by atoms with Crippen LogP contribution in [0.4, 0.5) is 0 Å². The molecule has 0 radical (unpaired) electrons. The van der Waals surface area contributed by atoms with Gasteiger partial charge in [-0.15, -0.1) is 24.0 Å². The van der Waals surface area contributed by atoms with E-state index in [1.807, 2.05) is 7.05 Å². The maximum absolute atomic E-state index is 4.30. The molecule has 0 bridgehead atoms. The molecule has 3 atom stereocenters. The van der Waals surface area contributed by atoms with Crippen LogP contribution in [-0.4, -0.2) is 25.6 Å². The number of nitrogens with one attached hydrogen (secondary N) is 2. The van der Waals surface area contributed by atoms with Crippen molar-refractivity contribution in [3.63, 3.8) is 0 Å². The molecule has 1 aromatic rings. The van der Waals surface area contributed by atoms with Gasteiger partial charge in [-0.25, -0.2) is 0 Å². The molecule has 4 heteroatoms. The van der Waals surface area contributed by atoms with E-state index in [9.17, 15) is 0 Å². The van der Waals surface area contributed by atoms with Crippen LogP contribution in [0.2, 0.25) is 0 Å². The number of guanidine groups is 1. The summed E-state index contributed by atoms with van der Waals surface area (Å²) in [5.41, 5.74) is 1.47. The van der Waals surface area contributed by atoms with Crippen molar-refractivity contribution in [2.45, 2.75) is 39.2 Å². The first kappa shape index (κ1) is 18.3. The van der Waals surface area contributed by atoms with Crippen LogP contribution in [0, 0.1) is 11.8 Å². The van der Waals surface area contributed by atoms with Crippen molar-refractivity contribution in [3.8, 4) is 0 Å². The average molecular weight is 401 g/mol. The van der Waals surface area contributed by atoms with Gasteiger partial charge >= 0.3 is 0 Å². The Morgan fingerprint density at radius 1 is 1.24 bits per heavy atom. The smallest absolute Gasteiger partial charge is 0.191 e. The van der Waals surface area contributed by atoms with E-state index in [1.54, 1.807) is 0 Å². The van der Waals surface area contributed by atoms with Gasteiger partial charge in [-0.1, -0.05) is 44.2 Å². The van der Waals surface area contributed by atoms with Crippen LogP contribution in [0.15, 0.2) is 35.3 Å². The molecular formula is C17H28IN3. The first-order chi connectivity index (χ1) is 9.61. The largest absolute Gasteiger partial charge is 0.356 e. The van der Waals surface area contributed by atoms with Crippen LogP contribution in [0.1, 0.15) is 38.7 Å². The fourth-order valence-corrected chi connectivity index (χ4v) is 2.39. The van der Waals surface area contributed by atoms with Crippen LogP contribution in [0.3, 0.4) is 0 Å². The van der Waals surface area contributed by atoms with E-state index in [0.717, 1.165) is 24.3 Å². The summed E-state index contributed by atoms with van der Waals surface area (Å²) < 4.78 is 0. The number of hydrogen-bond donors (Lipinski definition) is 2. The Morgan fingerprint density at radius 2 is 1.90 bits per heavy atom. The molecule has 1 aliphatic rings. The molecule has 0 heterocycles. The molecule has 1 aromatic carbocycles. The van der Waals surface area contributed by atoms with E-state index in [2.05, 4.69) is 66.7 Å². The normalized spacial score (nSPS) is 22.4. The number of benzene rings is 1. The molecule has 3 unspecified atom stereocenters. The fraction of sp³-hybridized carbons (Fsp3) is 0.588. The zero-order valence-corrected chi connectivity index (χ0v) is 15.8. The highest BCUT2D eigenvalue weighted by molar-refractivity contribution is 14.0. The van der Waals surface area contributed by atoms with E-state index in [-0.39, 0.29) is 24.0 Å². The van der Waals surface area contributed by atoms with Gasteiger partial charge in [0.15, 0.2) is 5.96 Å². The van der Waals surface area contributed by atoms with Crippen LogP contribution >= 0.6 is 24.0 Å². The zero-order chi connectivity index (χ0) is 14.5. The summed E-state index contributed by atoms with van der Waals surface area (Å²) in [4.78, 5) is 4.30. The zero-order valence-electron chi connectivity index (χ0n) is 13.5. The first-order valence-corrected chi connectivity index (χ1v) is 7.64. The van der Waals surface area contributed by atoms with Gasteiger partial charge in [0.1, 0.15) is 0 Å². The Balaban J connectivity index is 0.00000220. The minimum absolute atomic E-state index is 0. The summed E-state index contributed by atoms with van der Waals surface area (Å²) in [6, 6.07) is 11.2. The summed E-state index contributed by atoms with van der Waals surface area (Å²) in [5.74, 6) is 2.99. The Bertz CT molecular complexity index is 445. The summed E-state index contributed by atoms with van der Waals surface area (Å²) in [6.45, 7) is 7.64. The Morgan fingerprint density at radius 3 is 2.48 bits per heavy atom. The minimum Gasteiger partial charge on any atom is -0.356 e. The number of nitrogens with zero attached hydrogens (tertiary/aromatic N) is 1. The molecule has 3 nitrogen and oxygen atoms in total. The fourth-order valence-electron chi connectivity index (χ4n) is 2.39. The third-order valence-corrected chi connectivity index (χ3v) is 4.27. The van der Waals surface area contributed by atoms with E-state index >= 15 is 0 Å². The van der Waals surface area contributed by atoms with Gasteiger partial charge < -0.3 is 10.6 Å². The maximum atomic E-state index is 4.30. The third-order valence-electron chi connectivity index (χ3n) is 4.27. The summed E-state index contributed by atoms with van der Waals surface area (Å²) in [7, 11) is 1.84. The van der Waals surface area contributed by atoms with Crippen LogP contribution < -0.4 is 10.6 Å². The highest BCUT2D eigenvalue weighted by Crippen LogP contribution is 2.46. The maximum Gasteiger partial charge on any atom is 0.191 e. The van der Waals surface area contributed by atoms with Gasteiger partial charge in [0.25, 0.3) is 0 Å². The SMILES string of the molecule is CN=C(NCC1CC1c1ccccc1)NC(C)C(C)C.I. The average Bonchev–Trinajstić information content (AvgIpc) is 3.23. The molecular weight excluding hydrogens is 373 g/mol. The van der Waals surface area contributed by atoms with Crippen molar-refractivity contribution in [1.82, 2.24) is 10.6 Å². The predicted molar refractivity (Wildman–Crippen MR) is 102 cm³/mol. The van der Waals surface area contributed by atoms with Gasteiger partial charge in [0.05, 0.1) is 0 Å². The van der Waals surface area contributed by atoms with E-state index in [4.69, 9.17) is 0 Å². The molecule has 1 fully saturated rings. The molecule has 0 spiro atoms. The molecule has 0 saturated heterocycles. The highest BCUT2D eigenvalue weighted by Gasteiger charge is 2.37. The molecule has 2 N–H and O–H groups in total. The Hall–Kier alpha value is -0.780. The van der Waals surface area contributed by atoms with Crippen molar-refractivity contribution in [2.75, 3.05) is 13.6 Å². The summed E-state index contributed by atoms with van der Waals surface area (Å²) in [6.07, 6.45) is 1.29. The Labute approximate surface area is 146 Å². The van der Waals surface area contributed by atoms with Gasteiger partial charge in [0, 0.05) is 19.6 Å². The molecule has 118 valence electrons. The van der Waals surface area contributed by atoms with Gasteiger partial charge in [-0.3, -0.25) is 4.99 Å². The molecule has 0 amide bonds. The second kappa shape index (κ2) is 8.61. The van der Waals surface area contributed by atoms with Crippen molar-refractivity contribution < 1.29 is 0 Å². The molecule has 2 rings (SSSR count). The monoisotopic (exact) mass is 401 g/mol. The lowest BCUT2D eigenvalue weighted by atomic mass is 10.1. The number of aliphatic imine (C=N–C) groups is 1. The minimum atomic E-state index is 0. The molecule has 0 aliphatic heterocycles. The number of rotatable bonds is 5. The second-order valence-electron chi connectivity index (χ2n) is 6.14. The third kappa shape index (κ3) is 5.49. The predicted octanol–water partition coefficient (Wildman–Crippen LogP) is 3.62. The van der Waals surface area contributed by atoms with Crippen LogP contribution in [0.5, 0.6) is 0 Å². The standard InChI is InChI=1S/C17H27N3.HI/c1-12(2)13(3)20-17(18-4)19-11-15-10-16(15)14-8-6-5-7-9-14;/h5-9,12-13,15-16H,10-11H2,1-4H3,(H2,18,19,20);1H. The topological polar surface area (TPSA) is 36.4 Å². The first-order valence-electron chi connectivity index (χ1n) is 7.64. The van der Waals surface area contributed by atoms with E-state index in [1.165, 1.54) is 12.0 Å². The Kier molecular flexibility index (Phi) is 7.49. The molecule has 1 aliphatic carbocycles. The van der Waals surface area contributed by atoms with Gasteiger partial charge in [-0.2, -0.15) is 0 Å². The van der Waals surface area contributed by atoms with E-state index < -0.39 is 0 Å². The van der Waals surface area contributed by atoms with Crippen molar-refractivity contribution in [1.29, 1.82) is 0 Å². The van der Waals surface area contributed by atoms with Gasteiger partial charge in [0.2, 0.25) is 0 Å². The lowest BCUT2D eigenvalue weighted by molar-refractivity contribution is 0.480. The molecule has 0 aromatic heterocycles. The quantitative estimate of drug-likeness (QED) is 0.449. The molecule has 21 heavy (non-hydrogen) atoms. The number of halogens is 1. The van der Waals surface area contributed by atoms with Crippen molar-refractivity contribution in [3.05, 3.63) is 35.9 Å².